The highest BCUT2D eigenvalue weighted by Gasteiger charge is 2.62. The third-order valence-electron chi connectivity index (χ3n) is 13.7. The lowest BCUT2D eigenvalue weighted by Gasteiger charge is -2.39. The van der Waals surface area contributed by atoms with Crippen LogP contribution >= 0.6 is 0 Å². The van der Waals surface area contributed by atoms with E-state index in [-0.39, 0.29) is 35.7 Å². The second kappa shape index (κ2) is 19.9. The van der Waals surface area contributed by atoms with Gasteiger partial charge in [0.15, 0.2) is 0 Å². The highest BCUT2D eigenvalue weighted by atomic mass is 32.2. The van der Waals surface area contributed by atoms with Crippen molar-refractivity contribution >= 4 is 45.4 Å². The van der Waals surface area contributed by atoms with Crippen molar-refractivity contribution in [1.29, 1.82) is 0 Å². The second-order valence-electron chi connectivity index (χ2n) is 19.1. The van der Waals surface area contributed by atoms with Crippen LogP contribution < -0.4 is 26.0 Å². The summed E-state index contributed by atoms with van der Waals surface area (Å²) in [5.74, 6) is -2.93. The molecule has 6 amide bonds. The van der Waals surface area contributed by atoms with Crippen LogP contribution in [0.25, 0.3) is 0 Å². The van der Waals surface area contributed by atoms with Crippen LogP contribution in [0.2, 0.25) is 0 Å². The summed E-state index contributed by atoms with van der Waals surface area (Å²) in [5, 5.41) is 11.9. The van der Waals surface area contributed by atoms with E-state index in [2.05, 4.69) is 53.3 Å². The van der Waals surface area contributed by atoms with E-state index in [1.807, 2.05) is 20.8 Å². The predicted molar refractivity (Wildman–Crippen MR) is 235 cm³/mol. The summed E-state index contributed by atoms with van der Waals surface area (Å²) in [6.07, 6.45) is 10.1. The third kappa shape index (κ3) is 10.9. The highest BCUT2D eigenvalue weighted by molar-refractivity contribution is 7.90. The van der Waals surface area contributed by atoms with Gasteiger partial charge in [0.1, 0.15) is 28.6 Å². The Hall–Kier alpha value is -4.18. The van der Waals surface area contributed by atoms with E-state index >= 15 is 4.79 Å². The standard InChI is InChI=1S/C45H71N7O8S/c1-9-11-17-22-44(30(3)4)28-34(38(53)49-45(27-32(45)10-2)41(56)50-61(58,59)35-21-16-15-20-33(35)46-8)52(29-44)40(55)37(43(5,6)7)48-39(54)36(31-18-13-12-14-19-31)47-42(57)51-23-25-60-26-24-51/h10,15-16,20-21,30-32,34,36-37,46H,2,9,11-14,17-19,22-29H2,1,3-8H3,(H,47,57)(H,48,54)(H,49,53)(H,50,56)/t32-,34+,36+,37-,44+,45-/m1/s1. The fourth-order valence-corrected chi connectivity index (χ4v) is 10.8. The Balaban J connectivity index is 1.45. The Morgan fingerprint density at radius 3 is 2.25 bits per heavy atom. The molecule has 2 heterocycles. The van der Waals surface area contributed by atoms with Gasteiger partial charge in [-0.1, -0.05) is 98.3 Å². The first kappa shape index (κ1) is 47.9. The minimum atomic E-state index is -4.35. The molecule has 15 nitrogen and oxygen atoms in total. The summed E-state index contributed by atoms with van der Waals surface area (Å²) in [7, 11) is -2.78. The number of amides is 6. The van der Waals surface area contributed by atoms with Crippen molar-refractivity contribution < 1.29 is 37.1 Å². The van der Waals surface area contributed by atoms with Crippen LogP contribution in [0, 0.1) is 28.6 Å². The number of carbonyl (C=O) groups excluding carboxylic acids is 5. The Bertz CT molecular complexity index is 1870. The smallest absolute Gasteiger partial charge is 0.318 e. The van der Waals surface area contributed by atoms with E-state index in [0.29, 0.717) is 38.4 Å². The van der Waals surface area contributed by atoms with Crippen LogP contribution in [0.5, 0.6) is 0 Å². The first-order chi connectivity index (χ1) is 28.8. The molecule has 2 aliphatic heterocycles. The third-order valence-corrected chi connectivity index (χ3v) is 15.0. The topological polar surface area (TPSA) is 195 Å². The van der Waals surface area contributed by atoms with E-state index in [9.17, 15) is 27.6 Å². The van der Waals surface area contributed by atoms with Gasteiger partial charge in [0, 0.05) is 32.6 Å². The molecule has 1 aromatic carbocycles. The van der Waals surface area contributed by atoms with Gasteiger partial charge < -0.3 is 35.8 Å². The van der Waals surface area contributed by atoms with E-state index in [1.165, 1.54) is 12.1 Å². The van der Waals surface area contributed by atoms with Gasteiger partial charge in [-0.3, -0.25) is 19.2 Å². The van der Waals surface area contributed by atoms with Gasteiger partial charge in [-0.2, -0.15) is 0 Å². The van der Waals surface area contributed by atoms with Gasteiger partial charge in [0.2, 0.25) is 17.7 Å². The summed E-state index contributed by atoms with van der Waals surface area (Å²) in [6, 6.07) is 2.89. The molecule has 4 fully saturated rings. The van der Waals surface area contributed by atoms with Gasteiger partial charge in [-0.05, 0) is 66.9 Å². The molecule has 16 heteroatoms. The van der Waals surface area contributed by atoms with Crippen molar-refractivity contribution in [2.45, 2.75) is 141 Å². The summed E-state index contributed by atoms with van der Waals surface area (Å²) < 4.78 is 34.8. The molecule has 0 spiro atoms. The lowest BCUT2D eigenvalue weighted by Crippen LogP contribution is -2.63. The predicted octanol–water partition coefficient (Wildman–Crippen LogP) is 4.94. The van der Waals surface area contributed by atoms with Gasteiger partial charge in [0.25, 0.3) is 15.9 Å². The summed E-state index contributed by atoms with van der Waals surface area (Å²) in [4.78, 5) is 75.3. The van der Waals surface area contributed by atoms with Crippen LogP contribution in [0.15, 0.2) is 41.8 Å². The lowest BCUT2D eigenvalue weighted by molar-refractivity contribution is -0.145. The number of urea groups is 1. The molecule has 0 aromatic heterocycles. The monoisotopic (exact) mass is 870 g/mol. The van der Waals surface area contributed by atoms with Crippen molar-refractivity contribution in [3.05, 3.63) is 36.9 Å². The van der Waals surface area contributed by atoms with Crippen LogP contribution in [0.3, 0.4) is 0 Å². The summed E-state index contributed by atoms with van der Waals surface area (Å²) >= 11 is 0. The van der Waals surface area contributed by atoms with Crippen molar-refractivity contribution in [3.8, 4) is 0 Å². The van der Waals surface area contributed by atoms with E-state index in [0.717, 1.165) is 57.8 Å². The molecule has 2 aliphatic carbocycles. The molecule has 6 atom stereocenters. The number of nitrogens with zero attached hydrogens (tertiary/aromatic N) is 2. The Morgan fingerprint density at radius 2 is 1.66 bits per heavy atom. The quantitative estimate of drug-likeness (QED) is 0.107. The molecule has 4 aliphatic rings. The van der Waals surface area contributed by atoms with Gasteiger partial charge in [-0.15, -0.1) is 6.58 Å². The first-order valence-electron chi connectivity index (χ1n) is 22.4. The Labute approximate surface area is 363 Å². The zero-order chi connectivity index (χ0) is 44.8. The van der Waals surface area contributed by atoms with Crippen LogP contribution in [0.4, 0.5) is 10.5 Å². The second-order valence-corrected chi connectivity index (χ2v) is 20.7. The minimum Gasteiger partial charge on any atom is -0.387 e. The normalized spacial score (nSPS) is 25.6. The van der Waals surface area contributed by atoms with Gasteiger partial charge in [0.05, 0.1) is 18.9 Å². The lowest BCUT2D eigenvalue weighted by atomic mass is 9.71. The maximum atomic E-state index is 15.2. The number of hydrogen-bond acceptors (Lipinski definition) is 9. The summed E-state index contributed by atoms with van der Waals surface area (Å²) in [5.41, 5.74) is -2.57. The van der Waals surface area contributed by atoms with E-state index < -0.39 is 74.1 Å². The van der Waals surface area contributed by atoms with Crippen molar-refractivity contribution in [1.82, 2.24) is 30.5 Å². The molecule has 5 rings (SSSR count). The Morgan fingerprint density at radius 1 is 0.984 bits per heavy atom. The number of sulfonamides is 1. The van der Waals surface area contributed by atoms with Crippen LogP contribution in [0.1, 0.15) is 112 Å². The molecule has 340 valence electrons. The molecule has 5 N–H and O–H groups in total. The molecule has 1 aromatic rings. The SMILES string of the molecule is C=C[C@@H]1C[C@]1(NC(=O)[C@@H]1C[C@](CCCCC)(C(C)C)CN1C(=O)[C@@H](NC(=O)[C@@H](NC(=O)N1CCOCC1)C1CCCCC1)C(C)(C)C)C(=O)NS(=O)(=O)c1ccccc1NC. The Kier molecular flexibility index (Phi) is 15.6. The molecule has 61 heavy (non-hydrogen) atoms. The molecule has 0 unspecified atom stereocenters. The van der Waals surface area contributed by atoms with E-state index in [1.54, 1.807) is 35.0 Å². The number of para-hydroxylation sites is 1. The number of ether oxygens (including phenoxy) is 1. The van der Waals surface area contributed by atoms with Crippen molar-refractivity contribution in [2.75, 3.05) is 45.2 Å². The average molecular weight is 870 g/mol. The van der Waals surface area contributed by atoms with Gasteiger partial charge >= 0.3 is 6.03 Å². The van der Waals surface area contributed by atoms with Crippen LogP contribution in [-0.2, 0) is 33.9 Å². The fraction of sp³-hybridized carbons (Fsp3) is 0.711. The van der Waals surface area contributed by atoms with Gasteiger partial charge in [-0.25, -0.2) is 17.9 Å². The first-order valence-corrected chi connectivity index (χ1v) is 23.8. The fourth-order valence-electron chi connectivity index (χ4n) is 9.51. The summed E-state index contributed by atoms with van der Waals surface area (Å²) in [6.45, 7) is 17.7. The number of rotatable bonds is 17. The maximum Gasteiger partial charge on any atom is 0.318 e. The minimum absolute atomic E-state index is 0.0720. The zero-order valence-corrected chi connectivity index (χ0v) is 38.3. The number of likely N-dealkylation sites (tertiary alicyclic amines) is 1. The maximum absolute atomic E-state index is 15.2. The van der Waals surface area contributed by atoms with E-state index in [4.69, 9.17) is 4.74 Å². The molecule has 0 radical (unpaired) electrons. The number of unbranched alkanes of at least 4 members (excludes halogenated alkanes) is 2. The van der Waals surface area contributed by atoms with Crippen molar-refractivity contribution in [3.63, 3.8) is 0 Å². The van der Waals surface area contributed by atoms with Crippen molar-refractivity contribution in [2.24, 2.45) is 28.6 Å². The number of morpholine rings is 1. The molecule has 2 saturated heterocycles. The number of anilines is 1. The number of carbonyl (C=O) groups is 5. The number of nitrogens with one attached hydrogen (secondary N) is 5. The largest absolute Gasteiger partial charge is 0.387 e. The molecule has 0 bridgehead atoms. The molecular weight excluding hydrogens is 799 g/mol. The average Bonchev–Trinajstić information content (AvgIpc) is 3.81. The number of benzene rings is 1. The zero-order valence-electron chi connectivity index (χ0n) is 37.4. The molecular formula is C45H71N7O8S. The highest BCUT2D eigenvalue weighted by Crippen LogP contribution is 2.48. The molecule has 2 saturated carbocycles. The number of hydrogen-bond donors (Lipinski definition) is 5. The van der Waals surface area contributed by atoms with Crippen LogP contribution in [-0.4, -0.2) is 111 Å².